The van der Waals surface area contributed by atoms with E-state index in [4.69, 9.17) is 0 Å². The lowest BCUT2D eigenvalue weighted by Gasteiger charge is -2.28. The van der Waals surface area contributed by atoms with Crippen molar-refractivity contribution in [3.8, 4) is 0 Å². The zero-order valence-electron chi connectivity index (χ0n) is 17.2. The third-order valence-electron chi connectivity index (χ3n) is 4.99. The van der Waals surface area contributed by atoms with Crippen LogP contribution in [0.2, 0.25) is 0 Å². The van der Waals surface area contributed by atoms with Crippen molar-refractivity contribution >= 4 is 23.1 Å². The van der Waals surface area contributed by atoms with Gasteiger partial charge in [0.25, 0.3) is 0 Å². The number of anilines is 3. The number of pyridine rings is 1. The van der Waals surface area contributed by atoms with Gasteiger partial charge in [-0.1, -0.05) is 0 Å². The number of likely N-dealkylation sites (N-methyl/N-ethyl adjacent to an activating group) is 1. The van der Waals surface area contributed by atoms with E-state index in [2.05, 4.69) is 25.8 Å². The van der Waals surface area contributed by atoms with Gasteiger partial charge in [-0.25, -0.2) is 4.98 Å². The van der Waals surface area contributed by atoms with Crippen LogP contribution in [0.15, 0.2) is 24.5 Å². The molecule has 9 nitrogen and oxygen atoms in total. The predicted octanol–water partition coefficient (Wildman–Crippen LogP) is 2.39. The third kappa shape index (κ3) is 4.32. The number of hydrogen-bond donors (Lipinski definition) is 2. The highest BCUT2D eigenvalue weighted by Gasteiger charge is 2.34. The summed E-state index contributed by atoms with van der Waals surface area (Å²) in [7, 11) is 3.31. The van der Waals surface area contributed by atoms with E-state index in [1.807, 2.05) is 24.9 Å². The molecule has 1 aliphatic rings. The van der Waals surface area contributed by atoms with E-state index in [1.54, 1.807) is 17.1 Å². The Balaban J connectivity index is 1.44. The monoisotopic (exact) mass is 434 g/mol. The quantitative estimate of drug-likeness (QED) is 0.641. The molecule has 4 rings (SSSR count). The number of aromatic nitrogens is 5. The molecule has 0 fully saturated rings. The number of carbonyl (C=O) groups is 1. The number of alkyl halides is 3. The van der Waals surface area contributed by atoms with Crippen LogP contribution >= 0.6 is 0 Å². The standard InChI is InChI=1S/C19H21F3N8O/c1-11-18-14(28(2)10-17(31)26-18)5-16(25-11)23-6-12-7-24-30(8-12)9-13-4-15(19(20,21)22)27-29(13)3/h4-5,7-8H,6,9-10H2,1-3H3,(H,23,25)(H,26,31). The number of amides is 1. The Morgan fingerprint density at radius 1 is 1.26 bits per heavy atom. The third-order valence-corrected chi connectivity index (χ3v) is 4.99. The van der Waals surface area contributed by atoms with Gasteiger partial charge in [0.1, 0.15) is 5.82 Å². The summed E-state index contributed by atoms with van der Waals surface area (Å²) in [6.45, 7) is 2.69. The highest BCUT2D eigenvalue weighted by molar-refractivity contribution is 6.02. The van der Waals surface area contributed by atoms with Crippen LogP contribution < -0.4 is 15.5 Å². The molecule has 3 aromatic rings. The number of carbonyl (C=O) groups excluding carboxylic acids is 1. The normalized spacial score (nSPS) is 13.9. The van der Waals surface area contributed by atoms with Crippen LogP contribution in [0.4, 0.5) is 30.4 Å². The van der Waals surface area contributed by atoms with Crippen LogP contribution in [-0.4, -0.2) is 44.0 Å². The zero-order chi connectivity index (χ0) is 22.3. The van der Waals surface area contributed by atoms with Crippen LogP contribution in [0.25, 0.3) is 0 Å². The van der Waals surface area contributed by atoms with Crippen molar-refractivity contribution in [2.45, 2.75) is 26.2 Å². The molecular weight excluding hydrogens is 413 g/mol. The van der Waals surface area contributed by atoms with E-state index in [-0.39, 0.29) is 19.0 Å². The van der Waals surface area contributed by atoms with E-state index < -0.39 is 11.9 Å². The minimum Gasteiger partial charge on any atom is -0.366 e. The van der Waals surface area contributed by atoms with Gasteiger partial charge >= 0.3 is 6.18 Å². The minimum absolute atomic E-state index is 0.0798. The number of fused-ring (bicyclic) bond motifs is 1. The summed E-state index contributed by atoms with van der Waals surface area (Å²) < 4.78 is 41.2. The van der Waals surface area contributed by atoms with Gasteiger partial charge < -0.3 is 15.5 Å². The predicted molar refractivity (Wildman–Crippen MR) is 108 cm³/mol. The summed E-state index contributed by atoms with van der Waals surface area (Å²) >= 11 is 0. The van der Waals surface area contributed by atoms with Gasteiger partial charge in [-0.2, -0.15) is 23.4 Å². The first kappa shape index (κ1) is 20.7. The van der Waals surface area contributed by atoms with Crippen molar-refractivity contribution in [3.05, 3.63) is 47.2 Å². The van der Waals surface area contributed by atoms with E-state index in [0.29, 0.717) is 29.4 Å². The van der Waals surface area contributed by atoms with Gasteiger partial charge in [0.15, 0.2) is 5.69 Å². The average molecular weight is 434 g/mol. The summed E-state index contributed by atoms with van der Waals surface area (Å²) in [5.74, 6) is 0.567. The Kier molecular flexibility index (Phi) is 5.07. The first-order chi connectivity index (χ1) is 14.6. The molecule has 0 unspecified atom stereocenters. The van der Waals surface area contributed by atoms with Gasteiger partial charge in [-0.05, 0) is 13.0 Å². The van der Waals surface area contributed by atoms with Crippen molar-refractivity contribution in [2.24, 2.45) is 7.05 Å². The maximum Gasteiger partial charge on any atom is 0.435 e. The van der Waals surface area contributed by atoms with E-state index >= 15 is 0 Å². The largest absolute Gasteiger partial charge is 0.435 e. The molecule has 2 N–H and O–H groups in total. The smallest absolute Gasteiger partial charge is 0.366 e. The first-order valence-electron chi connectivity index (χ1n) is 9.48. The lowest BCUT2D eigenvalue weighted by Crippen LogP contribution is -2.36. The maximum atomic E-state index is 12.8. The Bertz CT molecular complexity index is 1130. The molecule has 31 heavy (non-hydrogen) atoms. The molecule has 4 heterocycles. The molecule has 0 spiro atoms. The number of hydrogen-bond acceptors (Lipinski definition) is 6. The summed E-state index contributed by atoms with van der Waals surface area (Å²) in [5.41, 5.74) is 2.60. The zero-order valence-corrected chi connectivity index (χ0v) is 17.2. The topological polar surface area (TPSA) is 92.9 Å². The van der Waals surface area contributed by atoms with Crippen LogP contribution in [0.5, 0.6) is 0 Å². The van der Waals surface area contributed by atoms with Crippen molar-refractivity contribution in [1.82, 2.24) is 24.5 Å². The van der Waals surface area contributed by atoms with Crippen LogP contribution in [-0.2, 0) is 31.1 Å². The summed E-state index contributed by atoms with van der Waals surface area (Å²) in [4.78, 5) is 18.1. The Morgan fingerprint density at radius 2 is 2.03 bits per heavy atom. The number of rotatable bonds is 5. The van der Waals surface area contributed by atoms with Crippen molar-refractivity contribution in [3.63, 3.8) is 0 Å². The van der Waals surface area contributed by atoms with Gasteiger partial charge in [-0.3, -0.25) is 14.2 Å². The highest BCUT2D eigenvalue weighted by Crippen LogP contribution is 2.33. The summed E-state index contributed by atoms with van der Waals surface area (Å²) in [6, 6.07) is 2.88. The maximum absolute atomic E-state index is 12.8. The van der Waals surface area contributed by atoms with Crippen LogP contribution in [0.1, 0.15) is 22.6 Å². The lowest BCUT2D eigenvalue weighted by molar-refractivity contribution is -0.141. The number of halogens is 3. The fraction of sp³-hybridized carbons (Fsp3) is 0.368. The lowest BCUT2D eigenvalue weighted by atomic mass is 10.2. The van der Waals surface area contributed by atoms with Crippen molar-refractivity contribution < 1.29 is 18.0 Å². The SMILES string of the molecule is Cc1nc(NCc2cnn(Cc3cc(C(F)(F)F)nn3C)c2)cc2c1NC(=O)CN2C. The number of aryl methyl sites for hydroxylation is 2. The van der Waals surface area contributed by atoms with Gasteiger partial charge in [-0.15, -0.1) is 0 Å². The second kappa shape index (κ2) is 7.60. The van der Waals surface area contributed by atoms with Crippen LogP contribution in [0.3, 0.4) is 0 Å². The molecule has 12 heteroatoms. The molecule has 3 aromatic heterocycles. The van der Waals surface area contributed by atoms with Gasteiger partial charge in [0.2, 0.25) is 5.91 Å². The molecule has 1 amide bonds. The Labute approximate surface area is 175 Å². The Hall–Kier alpha value is -3.57. The first-order valence-corrected chi connectivity index (χ1v) is 9.48. The fourth-order valence-electron chi connectivity index (χ4n) is 3.42. The van der Waals surface area contributed by atoms with Crippen LogP contribution in [0, 0.1) is 6.92 Å². The summed E-state index contributed by atoms with van der Waals surface area (Å²) in [6.07, 6.45) is -1.08. The molecule has 0 bridgehead atoms. The number of nitrogens with zero attached hydrogens (tertiary/aromatic N) is 6. The molecule has 0 radical (unpaired) electrons. The molecule has 164 valence electrons. The fourth-order valence-corrected chi connectivity index (χ4v) is 3.42. The summed E-state index contributed by atoms with van der Waals surface area (Å²) in [5, 5.41) is 13.8. The molecule has 0 saturated heterocycles. The van der Waals surface area contributed by atoms with Crippen molar-refractivity contribution in [2.75, 3.05) is 29.1 Å². The second-order valence-corrected chi connectivity index (χ2v) is 7.43. The molecule has 0 aliphatic carbocycles. The minimum atomic E-state index is -4.48. The molecule has 0 aromatic carbocycles. The van der Waals surface area contributed by atoms with E-state index in [1.165, 1.54) is 11.7 Å². The average Bonchev–Trinajstić information content (AvgIpc) is 3.28. The highest BCUT2D eigenvalue weighted by atomic mass is 19.4. The number of nitrogens with one attached hydrogen (secondary N) is 2. The second-order valence-electron chi connectivity index (χ2n) is 7.43. The molecule has 0 atom stereocenters. The van der Waals surface area contributed by atoms with Gasteiger partial charge in [0, 0.05) is 38.5 Å². The van der Waals surface area contributed by atoms with E-state index in [0.717, 1.165) is 17.3 Å². The van der Waals surface area contributed by atoms with Gasteiger partial charge in [0.05, 0.1) is 42.0 Å². The molecule has 0 saturated carbocycles. The van der Waals surface area contributed by atoms with E-state index in [9.17, 15) is 18.0 Å². The Morgan fingerprint density at radius 3 is 2.74 bits per heavy atom. The van der Waals surface area contributed by atoms with Crippen molar-refractivity contribution in [1.29, 1.82) is 0 Å². The molecule has 1 aliphatic heterocycles. The molecular formula is C19H21F3N8O.